The van der Waals surface area contributed by atoms with Crippen molar-refractivity contribution in [3.05, 3.63) is 55.1 Å². The van der Waals surface area contributed by atoms with Gasteiger partial charge < -0.3 is 5.32 Å². The molecule has 1 amide bonds. The van der Waals surface area contributed by atoms with E-state index in [1.54, 1.807) is 0 Å². The molecule has 100 valence electrons. The molecule has 0 aliphatic rings. The first kappa shape index (κ1) is 14.6. The molecule has 2 aromatic rings. The predicted molar refractivity (Wildman–Crippen MR) is 84.2 cm³/mol. The Balaban J connectivity index is 1.85. The summed E-state index contributed by atoms with van der Waals surface area (Å²) in [4.78, 5) is 12.6. The lowest BCUT2D eigenvalue weighted by atomic mass is 10.1. The van der Waals surface area contributed by atoms with Gasteiger partial charge in [0.05, 0.1) is 8.66 Å². The summed E-state index contributed by atoms with van der Waals surface area (Å²) in [5, 5.41) is 3.65. The molecular weight excluding hydrogens is 346 g/mol. The van der Waals surface area contributed by atoms with Gasteiger partial charge >= 0.3 is 0 Å². The second-order valence-corrected chi connectivity index (χ2v) is 7.01. The molecule has 2 rings (SSSR count). The fourth-order valence-corrected chi connectivity index (χ4v) is 3.21. The van der Waals surface area contributed by atoms with E-state index in [0.717, 1.165) is 31.2 Å². The Hall–Kier alpha value is -0.840. The van der Waals surface area contributed by atoms with Gasteiger partial charge in [0.15, 0.2) is 0 Å². The number of amides is 1. The number of carbonyl (C=O) groups excluding carboxylic acids is 1. The Labute approximate surface area is 129 Å². The molecule has 0 bridgehead atoms. The van der Waals surface area contributed by atoms with E-state index in [4.69, 9.17) is 11.6 Å². The molecule has 1 aromatic heterocycles. The highest BCUT2D eigenvalue weighted by Gasteiger charge is 2.10. The summed E-state index contributed by atoms with van der Waals surface area (Å²) in [6.07, 6.45) is 0.800. The second-order valence-electron chi connectivity index (χ2n) is 4.20. The van der Waals surface area contributed by atoms with Crippen molar-refractivity contribution in [3.63, 3.8) is 0 Å². The molecule has 0 saturated carbocycles. The number of thiophene rings is 1. The molecule has 0 radical (unpaired) electrons. The summed E-state index contributed by atoms with van der Waals surface area (Å²) in [5.41, 5.74) is 2.25. The highest BCUT2D eigenvalue weighted by atomic mass is 79.9. The number of nitrogens with one attached hydrogen (secondary N) is 1. The van der Waals surface area contributed by atoms with E-state index in [9.17, 15) is 4.79 Å². The number of hydrogen-bond donors (Lipinski definition) is 1. The Morgan fingerprint density at radius 2 is 2.05 bits per heavy atom. The summed E-state index contributed by atoms with van der Waals surface area (Å²) in [6.45, 7) is 2.60. The minimum absolute atomic E-state index is 0.0206. The predicted octanol–water partition coefficient (Wildman–Crippen LogP) is 4.44. The van der Waals surface area contributed by atoms with Crippen LogP contribution in [-0.4, -0.2) is 12.5 Å². The van der Waals surface area contributed by atoms with Crippen LogP contribution in [0.2, 0.25) is 5.02 Å². The van der Waals surface area contributed by atoms with Crippen LogP contribution in [0.3, 0.4) is 0 Å². The maximum atomic E-state index is 11.9. The molecule has 2 nitrogen and oxygen atoms in total. The Bertz CT molecular complexity index is 560. The van der Waals surface area contributed by atoms with E-state index in [1.807, 2.05) is 37.3 Å². The maximum Gasteiger partial charge on any atom is 0.261 e. The Morgan fingerprint density at radius 1 is 1.37 bits per heavy atom. The molecule has 1 aromatic carbocycles. The van der Waals surface area contributed by atoms with Gasteiger partial charge in [0.2, 0.25) is 0 Å². The number of rotatable bonds is 4. The van der Waals surface area contributed by atoms with Gasteiger partial charge in [-0.3, -0.25) is 4.79 Å². The minimum Gasteiger partial charge on any atom is -0.351 e. The van der Waals surface area contributed by atoms with Crippen molar-refractivity contribution >= 4 is 44.8 Å². The first-order chi connectivity index (χ1) is 9.06. The van der Waals surface area contributed by atoms with Gasteiger partial charge in [-0.15, -0.1) is 11.3 Å². The maximum absolute atomic E-state index is 11.9. The van der Waals surface area contributed by atoms with Gasteiger partial charge in [-0.05, 0) is 58.6 Å². The second kappa shape index (κ2) is 6.55. The average Bonchev–Trinajstić information content (AvgIpc) is 2.72. The van der Waals surface area contributed by atoms with Gasteiger partial charge in [0.1, 0.15) is 0 Å². The summed E-state index contributed by atoms with van der Waals surface area (Å²) in [5.74, 6) is -0.0206. The summed E-state index contributed by atoms with van der Waals surface area (Å²) >= 11 is 10.7. The molecule has 5 heteroatoms. The first-order valence-corrected chi connectivity index (χ1v) is 7.83. The van der Waals surface area contributed by atoms with Gasteiger partial charge in [0, 0.05) is 11.6 Å². The van der Waals surface area contributed by atoms with Crippen molar-refractivity contribution in [3.8, 4) is 0 Å². The summed E-state index contributed by atoms with van der Waals surface area (Å²) in [7, 11) is 0. The third-order valence-corrected chi connectivity index (χ3v) is 5.08. The third-order valence-electron chi connectivity index (χ3n) is 2.69. The van der Waals surface area contributed by atoms with Gasteiger partial charge in [-0.2, -0.15) is 0 Å². The van der Waals surface area contributed by atoms with Crippen LogP contribution < -0.4 is 5.32 Å². The fourth-order valence-electron chi connectivity index (χ4n) is 1.63. The SMILES string of the molecule is Cc1cc(C(=O)NCCc2ccc(Cl)cc2)sc1Br. The van der Waals surface area contributed by atoms with Crippen LogP contribution in [0.5, 0.6) is 0 Å². The van der Waals surface area contributed by atoms with Gasteiger partial charge in [-0.1, -0.05) is 23.7 Å². The normalized spacial score (nSPS) is 10.5. The van der Waals surface area contributed by atoms with Crippen molar-refractivity contribution in [1.82, 2.24) is 5.32 Å². The van der Waals surface area contributed by atoms with Crippen molar-refractivity contribution in [2.45, 2.75) is 13.3 Å². The molecule has 0 saturated heterocycles. The molecular formula is C14H13BrClNOS. The fraction of sp³-hybridized carbons (Fsp3) is 0.214. The Kier molecular flexibility index (Phi) is 5.02. The molecule has 0 spiro atoms. The van der Waals surface area contributed by atoms with Crippen LogP contribution in [0.25, 0.3) is 0 Å². The third kappa shape index (κ3) is 4.06. The lowest BCUT2D eigenvalue weighted by molar-refractivity contribution is 0.0958. The van der Waals surface area contributed by atoms with E-state index in [-0.39, 0.29) is 5.91 Å². The monoisotopic (exact) mass is 357 g/mol. The van der Waals surface area contributed by atoms with E-state index in [0.29, 0.717) is 6.54 Å². The largest absolute Gasteiger partial charge is 0.351 e. The smallest absolute Gasteiger partial charge is 0.261 e. The molecule has 19 heavy (non-hydrogen) atoms. The van der Waals surface area contributed by atoms with Crippen molar-refractivity contribution in [2.24, 2.45) is 0 Å². The number of halogens is 2. The van der Waals surface area contributed by atoms with Crippen LogP contribution in [0.4, 0.5) is 0 Å². The quantitative estimate of drug-likeness (QED) is 0.860. The zero-order valence-electron chi connectivity index (χ0n) is 10.4. The van der Waals surface area contributed by atoms with E-state index >= 15 is 0 Å². The molecule has 1 heterocycles. The Morgan fingerprint density at radius 3 is 2.63 bits per heavy atom. The molecule has 0 fully saturated rings. The summed E-state index contributed by atoms with van der Waals surface area (Å²) in [6, 6.07) is 9.56. The molecule has 1 N–H and O–H groups in total. The average molecular weight is 359 g/mol. The molecule has 0 aliphatic carbocycles. The zero-order valence-corrected chi connectivity index (χ0v) is 13.5. The lowest BCUT2D eigenvalue weighted by Gasteiger charge is -2.04. The lowest BCUT2D eigenvalue weighted by Crippen LogP contribution is -2.24. The van der Waals surface area contributed by atoms with Gasteiger partial charge in [0.25, 0.3) is 5.91 Å². The standard InChI is InChI=1S/C14H13BrClNOS/c1-9-8-12(19-13(9)15)14(18)17-7-6-10-2-4-11(16)5-3-10/h2-5,8H,6-7H2,1H3,(H,17,18). The van der Waals surface area contributed by atoms with E-state index in [1.165, 1.54) is 11.3 Å². The van der Waals surface area contributed by atoms with E-state index in [2.05, 4.69) is 21.2 Å². The topological polar surface area (TPSA) is 29.1 Å². The zero-order chi connectivity index (χ0) is 13.8. The molecule has 0 aliphatic heterocycles. The van der Waals surface area contributed by atoms with E-state index < -0.39 is 0 Å². The number of carbonyl (C=O) groups is 1. The van der Waals surface area contributed by atoms with Crippen molar-refractivity contribution in [1.29, 1.82) is 0 Å². The highest BCUT2D eigenvalue weighted by Crippen LogP contribution is 2.27. The van der Waals surface area contributed by atoms with Crippen LogP contribution in [-0.2, 0) is 6.42 Å². The van der Waals surface area contributed by atoms with Crippen LogP contribution >= 0.6 is 38.9 Å². The van der Waals surface area contributed by atoms with Gasteiger partial charge in [-0.25, -0.2) is 0 Å². The number of aryl methyl sites for hydroxylation is 1. The number of benzene rings is 1. The number of hydrogen-bond acceptors (Lipinski definition) is 2. The summed E-state index contributed by atoms with van der Waals surface area (Å²) < 4.78 is 1.01. The van der Waals surface area contributed by atoms with Crippen LogP contribution in [0.1, 0.15) is 20.8 Å². The van der Waals surface area contributed by atoms with Crippen LogP contribution in [0, 0.1) is 6.92 Å². The molecule has 0 unspecified atom stereocenters. The molecule has 0 atom stereocenters. The minimum atomic E-state index is -0.0206. The van der Waals surface area contributed by atoms with Crippen molar-refractivity contribution in [2.75, 3.05) is 6.54 Å². The highest BCUT2D eigenvalue weighted by molar-refractivity contribution is 9.11. The van der Waals surface area contributed by atoms with Crippen molar-refractivity contribution < 1.29 is 4.79 Å². The van der Waals surface area contributed by atoms with Crippen LogP contribution in [0.15, 0.2) is 34.1 Å². The first-order valence-electron chi connectivity index (χ1n) is 5.85.